The Bertz CT molecular complexity index is 372. The molecule has 1 aliphatic rings. The third-order valence-corrected chi connectivity index (χ3v) is 4.30. The van der Waals surface area contributed by atoms with Crippen LogP contribution in [0.1, 0.15) is 43.6 Å². The van der Waals surface area contributed by atoms with Crippen molar-refractivity contribution < 1.29 is 4.43 Å². The zero-order valence-electron chi connectivity index (χ0n) is 10.6. The molecular weight excluding hydrogens is 248 g/mol. The maximum Gasteiger partial charge on any atom is 0.274 e. The van der Waals surface area contributed by atoms with Gasteiger partial charge in [-0.1, -0.05) is 36.9 Å². The largest absolute Gasteiger partial charge is 0.542 e. The molecule has 0 bridgehead atoms. The summed E-state index contributed by atoms with van der Waals surface area (Å²) in [7, 11) is -0.722. The van der Waals surface area contributed by atoms with Crippen molar-refractivity contribution in [1.82, 2.24) is 0 Å². The fourth-order valence-corrected chi connectivity index (χ4v) is 3.55. The first-order valence-corrected chi connectivity index (χ1v) is 9.23. The van der Waals surface area contributed by atoms with Gasteiger partial charge in [0.25, 0.3) is 9.04 Å². The van der Waals surface area contributed by atoms with E-state index < -0.39 is 9.04 Å². The molecule has 1 aromatic rings. The molecule has 1 radical (unpaired) electrons. The smallest absolute Gasteiger partial charge is 0.274 e. The second-order valence-electron chi connectivity index (χ2n) is 5.00. The van der Waals surface area contributed by atoms with Crippen LogP contribution in [0.2, 0.25) is 18.1 Å². The van der Waals surface area contributed by atoms with E-state index >= 15 is 0 Å². The highest BCUT2D eigenvalue weighted by atomic mass is 35.5. The summed E-state index contributed by atoms with van der Waals surface area (Å²) in [5, 5.41) is 0.887. The number of halogens is 1. The highest BCUT2D eigenvalue weighted by Gasteiger charge is 2.22. The van der Waals surface area contributed by atoms with E-state index in [0.29, 0.717) is 5.92 Å². The van der Waals surface area contributed by atoms with E-state index in [0.717, 1.165) is 10.8 Å². The third kappa shape index (κ3) is 3.26. The van der Waals surface area contributed by atoms with Crippen LogP contribution in [0.5, 0.6) is 5.75 Å². The maximum absolute atomic E-state index is 6.38. The molecular formula is C14H20ClOSi. The van der Waals surface area contributed by atoms with Gasteiger partial charge in [0, 0.05) is 10.6 Å². The van der Waals surface area contributed by atoms with Gasteiger partial charge < -0.3 is 4.43 Å². The second-order valence-corrected chi connectivity index (χ2v) is 7.42. The van der Waals surface area contributed by atoms with Crippen LogP contribution in [-0.4, -0.2) is 9.04 Å². The van der Waals surface area contributed by atoms with Crippen LogP contribution < -0.4 is 4.43 Å². The first-order chi connectivity index (χ1) is 8.18. The van der Waals surface area contributed by atoms with Crippen molar-refractivity contribution >= 4 is 20.6 Å². The second kappa shape index (κ2) is 5.92. The molecule has 0 aromatic heterocycles. The zero-order valence-corrected chi connectivity index (χ0v) is 12.4. The van der Waals surface area contributed by atoms with Crippen LogP contribution in [-0.2, 0) is 0 Å². The molecule has 0 heterocycles. The first-order valence-electron chi connectivity index (χ1n) is 6.45. The van der Waals surface area contributed by atoms with Crippen molar-refractivity contribution in [2.45, 2.75) is 51.1 Å². The fraction of sp³-hybridized carbons (Fsp3) is 0.571. The lowest BCUT2D eigenvalue weighted by atomic mass is 9.83. The Labute approximate surface area is 111 Å². The summed E-state index contributed by atoms with van der Waals surface area (Å²) in [6, 6.07) is 6.07. The third-order valence-electron chi connectivity index (χ3n) is 3.34. The van der Waals surface area contributed by atoms with Crippen LogP contribution >= 0.6 is 11.6 Å². The van der Waals surface area contributed by atoms with Crippen LogP contribution in [0.3, 0.4) is 0 Å². The van der Waals surface area contributed by atoms with Gasteiger partial charge in [-0.2, -0.15) is 0 Å². The lowest BCUT2D eigenvalue weighted by molar-refractivity contribution is 0.433. The van der Waals surface area contributed by atoms with Crippen LogP contribution in [0.15, 0.2) is 18.2 Å². The van der Waals surface area contributed by atoms with Gasteiger partial charge in [-0.25, -0.2) is 0 Å². The van der Waals surface area contributed by atoms with E-state index in [-0.39, 0.29) is 0 Å². The lowest BCUT2D eigenvalue weighted by Crippen LogP contribution is -2.15. The summed E-state index contributed by atoms with van der Waals surface area (Å²) >= 11 is 6.38. The van der Waals surface area contributed by atoms with Gasteiger partial charge in [0.1, 0.15) is 5.75 Å². The van der Waals surface area contributed by atoms with Crippen LogP contribution in [0, 0.1) is 0 Å². The Morgan fingerprint density at radius 3 is 2.53 bits per heavy atom. The van der Waals surface area contributed by atoms with Gasteiger partial charge in [0.05, 0.1) is 0 Å². The SMILES string of the molecule is C[Si](C)Oc1cccc(Cl)c1C1CCCCC1. The molecule has 0 unspecified atom stereocenters. The molecule has 0 N–H and O–H groups in total. The molecule has 0 aliphatic heterocycles. The van der Waals surface area contributed by atoms with Crippen molar-refractivity contribution in [3.05, 3.63) is 28.8 Å². The Morgan fingerprint density at radius 2 is 1.88 bits per heavy atom. The standard InChI is InChI=1S/C14H20ClOSi/c1-17(2)16-13-10-6-9-12(15)14(13)11-7-4-3-5-8-11/h6,9-11H,3-5,7-8H2,1-2H3. The molecule has 0 atom stereocenters. The monoisotopic (exact) mass is 267 g/mol. The number of benzene rings is 1. The molecule has 1 aromatic carbocycles. The quantitative estimate of drug-likeness (QED) is 0.699. The van der Waals surface area contributed by atoms with E-state index in [2.05, 4.69) is 19.2 Å². The lowest BCUT2D eigenvalue weighted by Gasteiger charge is -2.26. The average Bonchev–Trinajstić information content (AvgIpc) is 2.29. The molecule has 93 valence electrons. The van der Waals surface area contributed by atoms with Crippen molar-refractivity contribution in [2.24, 2.45) is 0 Å². The Balaban J connectivity index is 2.28. The van der Waals surface area contributed by atoms with Crippen molar-refractivity contribution in [1.29, 1.82) is 0 Å². The van der Waals surface area contributed by atoms with Crippen molar-refractivity contribution in [3.8, 4) is 5.75 Å². The summed E-state index contributed by atoms with van der Waals surface area (Å²) in [4.78, 5) is 0. The molecule has 1 nitrogen and oxygen atoms in total. The molecule has 1 fully saturated rings. The maximum atomic E-state index is 6.38. The van der Waals surface area contributed by atoms with Gasteiger partial charge in [-0.3, -0.25) is 0 Å². The van der Waals surface area contributed by atoms with E-state index in [1.807, 2.05) is 12.1 Å². The molecule has 1 saturated carbocycles. The summed E-state index contributed by atoms with van der Waals surface area (Å²) in [5.74, 6) is 1.64. The van der Waals surface area contributed by atoms with Crippen LogP contribution in [0.4, 0.5) is 0 Å². The molecule has 0 amide bonds. The van der Waals surface area contributed by atoms with E-state index in [1.165, 1.54) is 37.7 Å². The Morgan fingerprint density at radius 1 is 1.18 bits per heavy atom. The summed E-state index contributed by atoms with van der Waals surface area (Å²) in [6.07, 6.45) is 6.54. The first kappa shape index (κ1) is 13.0. The molecule has 17 heavy (non-hydrogen) atoms. The van der Waals surface area contributed by atoms with E-state index in [1.54, 1.807) is 0 Å². The average molecular weight is 268 g/mol. The molecule has 0 spiro atoms. The van der Waals surface area contributed by atoms with Gasteiger partial charge in [-0.05, 0) is 44.0 Å². The fourth-order valence-electron chi connectivity index (χ4n) is 2.61. The molecule has 3 heteroatoms. The predicted octanol–water partition coefficient (Wildman–Crippen LogP) is 5.02. The van der Waals surface area contributed by atoms with E-state index in [9.17, 15) is 0 Å². The number of hydrogen-bond acceptors (Lipinski definition) is 1. The molecule has 0 saturated heterocycles. The van der Waals surface area contributed by atoms with Crippen molar-refractivity contribution in [3.63, 3.8) is 0 Å². The van der Waals surface area contributed by atoms with E-state index in [4.69, 9.17) is 16.0 Å². The van der Waals surface area contributed by atoms with Gasteiger partial charge in [0.2, 0.25) is 0 Å². The topological polar surface area (TPSA) is 9.23 Å². The minimum absolute atomic E-state index is 0.605. The minimum atomic E-state index is -0.722. The normalized spacial score (nSPS) is 17.4. The van der Waals surface area contributed by atoms with Gasteiger partial charge in [-0.15, -0.1) is 0 Å². The van der Waals surface area contributed by atoms with Gasteiger partial charge >= 0.3 is 0 Å². The van der Waals surface area contributed by atoms with Crippen molar-refractivity contribution in [2.75, 3.05) is 0 Å². The summed E-state index contributed by atoms with van der Waals surface area (Å²) < 4.78 is 6.00. The molecule has 2 rings (SSSR count). The van der Waals surface area contributed by atoms with Crippen LogP contribution in [0.25, 0.3) is 0 Å². The van der Waals surface area contributed by atoms with Gasteiger partial charge in [0.15, 0.2) is 0 Å². The zero-order chi connectivity index (χ0) is 12.3. The Hall–Kier alpha value is -0.473. The minimum Gasteiger partial charge on any atom is -0.542 e. The summed E-state index contributed by atoms with van der Waals surface area (Å²) in [5.41, 5.74) is 1.26. The number of rotatable bonds is 3. The molecule has 1 aliphatic carbocycles. The summed E-state index contributed by atoms with van der Waals surface area (Å²) in [6.45, 7) is 4.33. The Kier molecular flexibility index (Phi) is 4.52. The predicted molar refractivity (Wildman–Crippen MR) is 75.4 cm³/mol. The highest BCUT2D eigenvalue weighted by Crippen LogP contribution is 2.41. The number of hydrogen-bond donors (Lipinski definition) is 0. The highest BCUT2D eigenvalue weighted by molar-refractivity contribution is 6.49.